The number of fused-ring (bicyclic) bond motifs is 3. The van der Waals surface area contributed by atoms with E-state index in [1.165, 1.54) is 41.9 Å². The SMILES string of the molecule is C#CC(CC)COC(=O)c1sc2c(C)sc(-c3cc4c(OCC(CC)CCCC)c5sc(C)cc5c(OCC(CC)CCCC)c4s3)c2c1F. The maximum atomic E-state index is 16.3. The lowest BCUT2D eigenvalue weighted by atomic mass is 10.0. The molecule has 0 saturated heterocycles. The molecule has 5 rings (SSSR count). The quantitative estimate of drug-likeness (QED) is 0.0622. The number of hydrogen-bond donors (Lipinski definition) is 0. The van der Waals surface area contributed by atoms with Crippen molar-refractivity contribution in [2.24, 2.45) is 17.8 Å². The van der Waals surface area contributed by atoms with E-state index in [1.54, 1.807) is 34.0 Å². The fourth-order valence-electron chi connectivity index (χ4n) is 6.36. The van der Waals surface area contributed by atoms with Crippen molar-refractivity contribution >= 4 is 81.6 Å². The van der Waals surface area contributed by atoms with E-state index in [4.69, 9.17) is 20.6 Å². The Kier molecular flexibility index (Phi) is 13.7. The van der Waals surface area contributed by atoms with E-state index in [2.05, 4.69) is 52.7 Å². The van der Waals surface area contributed by atoms with Gasteiger partial charge in [-0.05, 0) is 57.1 Å². The molecule has 0 amide bonds. The van der Waals surface area contributed by atoms with Gasteiger partial charge in [0.1, 0.15) is 23.0 Å². The molecule has 4 heterocycles. The molecule has 0 aliphatic carbocycles. The van der Waals surface area contributed by atoms with Gasteiger partial charge in [-0.15, -0.1) is 51.8 Å². The number of terminal acetylenes is 1. The third kappa shape index (κ3) is 8.20. The molecule has 5 aromatic rings. The number of halogens is 1. The van der Waals surface area contributed by atoms with E-state index in [-0.39, 0.29) is 17.4 Å². The molecule has 0 spiro atoms. The number of unbranched alkanes of at least 4 members (excludes halogenated alkanes) is 2. The average Bonchev–Trinajstić information content (AvgIpc) is 3.89. The summed E-state index contributed by atoms with van der Waals surface area (Å²) in [6.45, 7) is 16.4. The van der Waals surface area contributed by atoms with Crippen LogP contribution in [0.15, 0.2) is 12.1 Å². The number of aryl methyl sites for hydroxylation is 2. The molecule has 0 fully saturated rings. The standard InChI is InChI=1S/C41H51FO4S4/c1-9-15-17-27(13-5)22-44-34-29-19-24(7)47-37(29)35(45-23-28(14-6)18-16-10-2)30-20-31(49-38(30)34)39-32-33(42)40(50-36(32)25(8)48-39)41(43)46-21-26(11-3)12-4/h3,19-20,26-28H,9-10,12-18,21-23H2,1-2,4-8H3. The van der Waals surface area contributed by atoms with Crippen LogP contribution < -0.4 is 9.47 Å². The van der Waals surface area contributed by atoms with E-state index in [9.17, 15) is 4.79 Å². The summed E-state index contributed by atoms with van der Waals surface area (Å²) in [4.78, 5) is 17.0. The van der Waals surface area contributed by atoms with Crippen LogP contribution in [-0.4, -0.2) is 25.8 Å². The number of carbonyl (C=O) groups excluding carboxylic acids is 1. The number of benzene rings is 1. The van der Waals surface area contributed by atoms with Gasteiger partial charge in [0.25, 0.3) is 0 Å². The number of hydrogen-bond acceptors (Lipinski definition) is 8. The normalized spacial score (nSPS) is 13.6. The minimum absolute atomic E-state index is 0.000424. The van der Waals surface area contributed by atoms with Crippen LogP contribution in [0, 0.1) is 49.8 Å². The van der Waals surface area contributed by atoms with Crippen molar-refractivity contribution in [1.82, 2.24) is 0 Å². The van der Waals surface area contributed by atoms with Gasteiger partial charge < -0.3 is 14.2 Å². The molecule has 0 aliphatic rings. The van der Waals surface area contributed by atoms with Crippen molar-refractivity contribution in [2.75, 3.05) is 19.8 Å². The van der Waals surface area contributed by atoms with Crippen molar-refractivity contribution in [3.05, 3.63) is 32.6 Å². The Morgan fingerprint density at radius 2 is 1.40 bits per heavy atom. The largest absolute Gasteiger partial charge is 0.491 e. The highest BCUT2D eigenvalue weighted by molar-refractivity contribution is 7.30. The maximum Gasteiger partial charge on any atom is 0.351 e. The molecule has 0 N–H and O–H groups in total. The topological polar surface area (TPSA) is 44.8 Å². The van der Waals surface area contributed by atoms with Gasteiger partial charge in [-0.25, -0.2) is 9.18 Å². The lowest BCUT2D eigenvalue weighted by molar-refractivity contribution is 0.0468. The lowest BCUT2D eigenvalue weighted by Gasteiger charge is -2.19. The van der Waals surface area contributed by atoms with Crippen LogP contribution in [0.3, 0.4) is 0 Å². The van der Waals surface area contributed by atoms with Crippen LogP contribution in [-0.2, 0) is 4.74 Å². The third-order valence-electron chi connectivity index (χ3n) is 9.71. The fourth-order valence-corrected chi connectivity index (χ4v) is 11.0. The highest BCUT2D eigenvalue weighted by atomic mass is 32.1. The monoisotopic (exact) mass is 754 g/mol. The van der Waals surface area contributed by atoms with Gasteiger partial charge in [0.2, 0.25) is 0 Å². The number of carbonyl (C=O) groups is 1. The Morgan fingerprint density at radius 3 is 1.96 bits per heavy atom. The molecule has 3 atom stereocenters. The highest BCUT2D eigenvalue weighted by Gasteiger charge is 2.29. The molecule has 0 saturated carbocycles. The first kappa shape index (κ1) is 38.6. The molecule has 1 aromatic carbocycles. The smallest absolute Gasteiger partial charge is 0.351 e. The van der Waals surface area contributed by atoms with E-state index in [0.29, 0.717) is 36.9 Å². The number of ether oxygens (including phenoxy) is 3. The minimum atomic E-state index is -0.659. The van der Waals surface area contributed by atoms with Gasteiger partial charge in [0.15, 0.2) is 5.82 Å². The van der Waals surface area contributed by atoms with Gasteiger partial charge >= 0.3 is 5.97 Å². The van der Waals surface area contributed by atoms with Crippen molar-refractivity contribution in [3.8, 4) is 33.6 Å². The van der Waals surface area contributed by atoms with Crippen molar-refractivity contribution in [3.63, 3.8) is 0 Å². The average molecular weight is 755 g/mol. The summed E-state index contributed by atoms with van der Waals surface area (Å²) in [5.41, 5.74) is 0. The lowest BCUT2D eigenvalue weighted by Crippen LogP contribution is -2.12. The summed E-state index contributed by atoms with van der Waals surface area (Å²) in [5.74, 6) is 4.02. The fraction of sp³-hybridized carbons (Fsp3) is 0.537. The third-order valence-corrected chi connectivity index (χ3v) is 14.6. The predicted molar refractivity (Wildman–Crippen MR) is 216 cm³/mol. The van der Waals surface area contributed by atoms with E-state index >= 15 is 4.39 Å². The van der Waals surface area contributed by atoms with Crippen LogP contribution >= 0.6 is 45.3 Å². The Labute approximate surface area is 313 Å². The van der Waals surface area contributed by atoms with Crippen molar-refractivity contribution in [1.29, 1.82) is 0 Å². The van der Waals surface area contributed by atoms with Gasteiger partial charge in [0.05, 0.1) is 38.1 Å². The van der Waals surface area contributed by atoms with Crippen LogP contribution in [0.25, 0.3) is 40.0 Å². The number of thiophene rings is 4. The van der Waals surface area contributed by atoms with E-state index in [0.717, 1.165) is 76.7 Å². The van der Waals surface area contributed by atoms with Gasteiger partial charge in [-0.3, -0.25) is 0 Å². The first-order valence-electron chi connectivity index (χ1n) is 18.3. The summed E-state index contributed by atoms with van der Waals surface area (Å²) in [7, 11) is 0. The zero-order chi connectivity index (χ0) is 35.9. The Morgan fingerprint density at radius 1 is 0.800 bits per heavy atom. The zero-order valence-corrected chi connectivity index (χ0v) is 33.9. The minimum Gasteiger partial charge on any atom is -0.491 e. The van der Waals surface area contributed by atoms with Gasteiger partial charge in [0, 0.05) is 30.8 Å². The second kappa shape index (κ2) is 17.7. The number of esters is 1. The summed E-state index contributed by atoms with van der Waals surface area (Å²) in [6, 6.07) is 4.40. The molecule has 0 aliphatic heterocycles. The molecule has 0 radical (unpaired) electrons. The highest BCUT2D eigenvalue weighted by Crippen LogP contribution is 2.54. The first-order valence-corrected chi connectivity index (χ1v) is 21.6. The van der Waals surface area contributed by atoms with Crippen LogP contribution in [0.5, 0.6) is 11.5 Å². The Hall–Kier alpha value is -2.64. The van der Waals surface area contributed by atoms with Crippen molar-refractivity contribution in [2.45, 2.75) is 106 Å². The van der Waals surface area contributed by atoms with Crippen LogP contribution in [0.2, 0.25) is 0 Å². The van der Waals surface area contributed by atoms with E-state index < -0.39 is 11.8 Å². The summed E-state index contributed by atoms with van der Waals surface area (Å²) >= 11 is 6.11. The Balaban J connectivity index is 1.63. The van der Waals surface area contributed by atoms with Crippen LogP contribution in [0.4, 0.5) is 4.39 Å². The molecule has 4 nitrogen and oxygen atoms in total. The zero-order valence-electron chi connectivity index (χ0n) is 30.6. The van der Waals surface area contributed by atoms with Gasteiger partial charge in [-0.2, -0.15) is 0 Å². The molecule has 270 valence electrons. The molecule has 50 heavy (non-hydrogen) atoms. The van der Waals surface area contributed by atoms with Gasteiger partial charge in [-0.1, -0.05) is 79.1 Å². The second-order valence-corrected chi connectivity index (χ2v) is 17.9. The molecular formula is C41H51FO4S4. The molecule has 0 bridgehead atoms. The molecule has 3 unspecified atom stereocenters. The van der Waals surface area contributed by atoms with Crippen molar-refractivity contribution < 1.29 is 23.4 Å². The first-order chi connectivity index (χ1) is 24.2. The molecule has 9 heteroatoms. The maximum absolute atomic E-state index is 16.3. The Bertz CT molecular complexity index is 1880. The summed E-state index contributed by atoms with van der Waals surface area (Å²) in [5, 5.41) is 2.58. The van der Waals surface area contributed by atoms with E-state index in [1.807, 2.05) is 13.8 Å². The van der Waals surface area contributed by atoms with Crippen LogP contribution in [0.1, 0.15) is 112 Å². The number of rotatable bonds is 19. The second-order valence-electron chi connectivity index (χ2n) is 13.4. The molecular weight excluding hydrogens is 704 g/mol. The summed E-state index contributed by atoms with van der Waals surface area (Å²) in [6.07, 6.45) is 15.4. The molecule has 4 aromatic heterocycles. The predicted octanol–water partition coefficient (Wildman–Crippen LogP) is 13.8. The summed E-state index contributed by atoms with van der Waals surface area (Å²) < 4.78 is 38.4.